The molecule has 1 unspecified atom stereocenters. The molecule has 1 aliphatic heterocycles. The van der Waals surface area contributed by atoms with Crippen molar-refractivity contribution in [3.8, 4) is 11.5 Å². The maximum absolute atomic E-state index is 5.51. The summed E-state index contributed by atoms with van der Waals surface area (Å²) in [5.41, 5.74) is 1.09. The molecule has 0 saturated carbocycles. The molecule has 1 aromatic rings. The molecule has 1 N–H and O–H groups in total. The number of nitrogens with one attached hydrogen (secondary N) is 1. The second-order valence-corrected chi connectivity index (χ2v) is 7.15. The number of methoxy groups -OCH3 is 2. The summed E-state index contributed by atoms with van der Waals surface area (Å²) < 4.78 is 10.8. The molecule has 1 aliphatic rings. The Morgan fingerprint density at radius 2 is 1.93 bits per heavy atom. The van der Waals surface area contributed by atoms with Crippen molar-refractivity contribution in [2.45, 2.75) is 19.5 Å². The number of piperazine rings is 1. The van der Waals surface area contributed by atoms with Gasteiger partial charge in [-0.2, -0.15) is 0 Å². The van der Waals surface area contributed by atoms with Gasteiger partial charge >= 0.3 is 0 Å². The molecule has 0 aromatic heterocycles. The van der Waals surface area contributed by atoms with Gasteiger partial charge in [0.2, 0.25) is 0 Å². The molecule has 27 heavy (non-hydrogen) atoms. The van der Waals surface area contributed by atoms with Crippen molar-refractivity contribution in [1.29, 1.82) is 0 Å². The van der Waals surface area contributed by atoms with Gasteiger partial charge in [0, 0.05) is 71.0 Å². The molecule has 0 aliphatic carbocycles. The van der Waals surface area contributed by atoms with Gasteiger partial charge in [-0.05, 0) is 26.1 Å². The van der Waals surface area contributed by atoms with Crippen LogP contribution < -0.4 is 14.8 Å². The number of benzene rings is 1. The number of ether oxygens (including phenoxy) is 2. The van der Waals surface area contributed by atoms with Crippen LogP contribution >= 0.6 is 0 Å². The summed E-state index contributed by atoms with van der Waals surface area (Å²) in [7, 11) is 9.39. The van der Waals surface area contributed by atoms with Crippen molar-refractivity contribution in [3.63, 3.8) is 0 Å². The topological polar surface area (TPSA) is 52.6 Å². The summed E-state index contributed by atoms with van der Waals surface area (Å²) in [6.45, 7) is 8.37. The fourth-order valence-electron chi connectivity index (χ4n) is 3.33. The molecular formula is C20H35N5O2. The molecule has 1 atom stereocenters. The quantitative estimate of drug-likeness (QED) is 0.572. The highest BCUT2D eigenvalue weighted by Gasteiger charge is 2.19. The second kappa shape index (κ2) is 10.4. The number of guanidine groups is 1. The average molecular weight is 378 g/mol. The number of rotatable bonds is 7. The Labute approximate surface area is 163 Å². The van der Waals surface area contributed by atoms with Crippen LogP contribution in [0.25, 0.3) is 0 Å². The van der Waals surface area contributed by atoms with Gasteiger partial charge in [0.25, 0.3) is 0 Å². The highest BCUT2D eigenvalue weighted by molar-refractivity contribution is 5.79. The zero-order valence-electron chi connectivity index (χ0n) is 17.7. The Kier molecular flexibility index (Phi) is 8.19. The lowest BCUT2D eigenvalue weighted by Gasteiger charge is -2.37. The van der Waals surface area contributed by atoms with E-state index in [1.54, 1.807) is 14.2 Å². The van der Waals surface area contributed by atoms with Gasteiger partial charge in [-0.1, -0.05) is 0 Å². The minimum atomic E-state index is 0.472. The summed E-state index contributed by atoms with van der Waals surface area (Å²) in [6.07, 6.45) is 0. The minimum Gasteiger partial charge on any atom is -0.497 e. The van der Waals surface area contributed by atoms with Crippen molar-refractivity contribution in [1.82, 2.24) is 20.0 Å². The van der Waals surface area contributed by atoms with E-state index < -0.39 is 0 Å². The predicted molar refractivity (Wildman–Crippen MR) is 111 cm³/mol. The molecule has 7 heteroatoms. The summed E-state index contributed by atoms with van der Waals surface area (Å²) in [4.78, 5) is 11.5. The van der Waals surface area contributed by atoms with Crippen LogP contribution in [0.1, 0.15) is 12.5 Å². The van der Waals surface area contributed by atoms with Gasteiger partial charge in [-0.15, -0.1) is 0 Å². The third-order valence-electron chi connectivity index (χ3n) is 5.19. The smallest absolute Gasteiger partial charge is 0.193 e. The lowest BCUT2D eigenvalue weighted by atomic mass is 10.2. The zero-order valence-corrected chi connectivity index (χ0v) is 17.7. The van der Waals surface area contributed by atoms with E-state index in [1.165, 1.54) is 0 Å². The molecule has 0 spiro atoms. The minimum absolute atomic E-state index is 0.472. The third kappa shape index (κ3) is 6.01. The van der Waals surface area contributed by atoms with Gasteiger partial charge < -0.3 is 24.6 Å². The predicted octanol–water partition coefficient (Wildman–Crippen LogP) is 1.35. The van der Waals surface area contributed by atoms with E-state index in [0.717, 1.165) is 55.7 Å². The van der Waals surface area contributed by atoms with E-state index in [-0.39, 0.29) is 0 Å². The Morgan fingerprint density at radius 3 is 2.52 bits per heavy atom. The van der Waals surface area contributed by atoms with E-state index in [4.69, 9.17) is 9.47 Å². The largest absolute Gasteiger partial charge is 0.497 e. The molecule has 0 bridgehead atoms. The lowest BCUT2D eigenvalue weighted by molar-refractivity contribution is 0.119. The van der Waals surface area contributed by atoms with Crippen LogP contribution in [0.4, 0.5) is 0 Å². The highest BCUT2D eigenvalue weighted by Crippen LogP contribution is 2.25. The summed E-state index contributed by atoms with van der Waals surface area (Å²) in [5.74, 6) is 2.50. The van der Waals surface area contributed by atoms with Crippen LogP contribution in [0.5, 0.6) is 11.5 Å². The van der Waals surface area contributed by atoms with E-state index in [0.29, 0.717) is 12.6 Å². The van der Waals surface area contributed by atoms with Crippen molar-refractivity contribution in [3.05, 3.63) is 23.8 Å². The molecule has 2 rings (SSSR count). The zero-order chi connectivity index (χ0) is 19.8. The highest BCUT2D eigenvalue weighted by atomic mass is 16.5. The van der Waals surface area contributed by atoms with Crippen molar-refractivity contribution in [2.24, 2.45) is 4.99 Å². The van der Waals surface area contributed by atoms with Gasteiger partial charge in [-0.3, -0.25) is 9.89 Å². The molecule has 1 heterocycles. The number of nitrogens with zero attached hydrogens (tertiary/aromatic N) is 4. The fourth-order valence-corrected chi connectivity index (χ4v) is 3.33. The number of likely N-dealkylation sites (N-methyl/N-ethyl adjacent to an activating group) is 1. The van der Waals surface area contributed by atoms with Crippen molar-refractivity contribution in [2.75, 3.05) is 68.1 Å². The van der Waals surface area contributed by atoms with Crippen molar-refractivity contribution >= 4 is 5.96 Å². The van der Waals surface area contributed by atoms with Crippen LogP contribution in [0.3, 0.4) is 0 Å². The third-order valence-corrected chi connectivity index (χ3v) is 5.19. The Balaban J connectivity index is 1.91. The van der Waals surface area contributed by atoms with E-state index in [1.807, 2.05) is 32.3 Å². The first-order valence-corrected chi connectivity index (χ1v) is 9.53. The van der Waals surface area contributed by atoms with Crippen LogP contribution in [-0.4, -0.2) is 94.8 Å². The molecule has 7 nitrogen and oxygen atoms in total. The van der Waals surface area contributed by atoms with E-state index in [9.17, 15) is 0 Å². The first-order chi connectivity index (χ1) is 13.0. The van der Waals surface area contributed by atoms with Gasteiger partial charge in [0.1, 0.15) is 11.5 Å². The molecule has 1 saturated heterocycles. The Hall–Kier alpha value is -1.99. The van der Waals surface area contributed by atoms with Crippen molar-refractivity contribution < 1.29 is 9.47 Å². The summed E-state index contributed by atoms with van der Waals surface area (Å²) in [5, 5.41) is 3.51. The number of hydrogen-bond acceptors (Lipinski definition) is 5. The van der Waals surface area contributed by atoms with E-state index in [2.05, 4.69) is 39.0 Å². The van der Waals surface area contributed by atoms with Gasteiger partial charge in [-0.25, -0.2) is 0 Å². The maximum atomic E-state index is 5.51. The summed E-state index contributed by atoms with van der Waals surface area (Å²) in [6, 6.07) is 6.37. The second-order valence-electron chi connectivity index (χ2n) is 7.15. The Morgan fingerprint density at radius 1 is 1.22 bits per heavy atom. The van der Waals surface area contributed by atoms with Crippen LogP contribution in [0.15, 0.2) is 23.2 Å². The first-order valence-electron chi connectivity index (χ1n) is 9.53. The maximum Gasteiger partial charge on any atom is 0.193 e. The normalized spacial score (nSPS) is 17.5. The first kappa shape index (κ1) is 21.3. The van der Waals surface area contributed by atoms with Gasteiger partial charge in [0.15, 0.2) is 5.96 Å². The lowest BCUT2D eigenvalue weighted by Crippen LogP contribution is -2.52. The molecule has 1 fully saturated rings. The number of aliphatic imine (C=N–C) groups is 1. The summed E-state index contributed by atoms with van der Waals surface area (Å²) >= 11 is 0. The molecular weight excluding hydrogens is 342 g/mol. The molecule has 0 amide bonds. The standard InChI is InChI=1S/C20H35N5O2/c1-16(25-11-9-23(3)10-12-25)14-22-20(21-2)24(4)15-17-7-8-18(26-5)13-19(17)27-6/h7-8,13,16H,9-12,14-15H2,1-6H3,(H,21,22). The van der Waals surface area contributed by atoms with Crippen LogP contribution in [-0.2, 0) is 6.54 Å². The average Bonchev–Trinajstić information content (AvgIpc) is 2.69. The fraction of sp³-hybridized carbons (Fsp3) is 0.650. The molecule has 1 aromatic carbocycles. The monoisotopic (exact) mass is 377 g/mol. The van der Waals surface area contributed by atoms with E-state index >= 15 is 0 Å². The van der Waals surface area contributed by atoms with Crippen LogP contribution in [0.2, 0.25) is 0 Å². The Bertz CT molecular complexity index is 614. The van der Waals surface area contributed by atoms with Crippen LogP contribution in [0, 0.1) is 0 Å². The molecule has 152 valence electrons. The SMILES string of the molecule is CN=C(NCC(C)N1CCN(C)CC1)N(C)Cc1ccc(OC)cc1OC. The molecule has 0 radical (unpaired) electrons. The van der Waals surface area contributed by atoms with Gasteiger partial charge in [0.05, 0.1) is 14.2 Å². The number of hydrogen-bond donors (Lipinski definition) is 1.